The number of amides is 1. The number of fused-ring (bicyclic) bond motifs is 1. The van der Waals surface area contributed by atoms with Crippen molar-refractivity contribution in [3.05, 3.63) is 22.7 Å². The highest BCUT2D eigenvalue weighted by Gasteiger charge is 2.32. The summed E-state index contributed by atoms with van der Waals surface area (Å²) in [5, 5.41) is 4.22. The van der Waals surface area contributed by atoms with Crippen LogP contribution in [0.5, 0.6) is 11.5 Å². The van der Waals surface area contributed by atoms with Gasteiger partial charge in [-0.05, 0) is 24.1 Å². The lowest BCUT2D eigenvalue weighted by atomic mass is 10.1. The molecule has 1 N–H and O–H groups in total. The lowest BCUT2D eigenvalue weighted by Gasteiger charge is -2.05. The van der Waals surface area contributed by atoms with E-state index in [0.29, 0.717) is 28.5 Å². The van der Waals surface area contributed by atoms with E-state index in [0.717, 1.165) is 0 Å². The highest BCUT2D eigenvalue weighted by Crippen LogP contribution is 2.39. The summed E-state index contributed by atoms with van der Waals surface area (Å²) >= 11 is 6.03. The summed E-state index contributed by atoms with van der Waals surface area (Å²) in [5.74, 6) is -0.00983. The molecule has 1 atom stereocenters. The third-order valence-corrected chi connectivity index (χ3v) is 5.49. The van der Waals surface area contributed by atoms with Gasteiger partial charge in [-0.2, -0.15) is 5.10 Å². The van der Waals surface area contributed by atoms with Gasteiger partial charge in [-0.25, -0.2) is 13.8 Å². The summed E-state index contributed by atoms with van der Waals surface area (Å²) in [4.78, 5) is 11.8. The normalized spacial score (nSPS) is 22.1. The van der Waals surface area contributed by atoms with Crippen LogP contribution in [0.25, 0.3) is 0 Å². The van der Waals surface area contributed by atoms with Crippen molar-refractivity contribution in [1.82, 2.24) is 5.43 Å². The third-order valence-electron chi connectivity index (χ3n) is 3.44. The number of nitrogens with zero attached hydrogens (tertiary/aromatic N) is 1. The molecule has 3 rings (SSSR count). The molecule has 0 radical (unpaired) electrons. The monoisotopic (exact) mass is 344 g/mol. The average Bonchev–Trinajstić information content (AvgIpc) is 3.05. The van der Waals surface area contributed by atoms with Gasteiger partial charge in [-0.15, -0.1) is 0 Å². The van der Waals surface area contributed by atoms with Gasteiger partial charge in [0.1, 0.15) is 0 Å². The van der Waals surface area contributed by atoms with Crippen LogP contribution in [0.3, 0.4) is 0 Å². The van der Waals surface area contributed by atoms with E-state index in [9.17, 15) is 13.2 Å². The van der Waals surface area contributed by atoms with E-state index in [4.69, 9.17) is 21.1 Å². The molecule has 1 amide bonds. The molecule has 0 saturated carbocycles. The Hall–Kier alpha value is -1.80. The van der Waals surface area contributed by atoms with Gasteiger partial charge in [0.15, 0.2) is 21.3 Å². The lowest BCUT2D eigenvalue weighted by molar-refractivity contribution is -0.124. The van der Waals surface area contributed by atoms with E-state index in [-0.39, 0.29) is 18.3 Å². The number of sulfone groups is 1. The van der Waals surface area contributed by atoms with Crippen molar-refractivity contribution in [3.63, 3.8) is 0 Å². The summed E-state index contributed by atoms with van der Waals surface area (Å²) in [6, 6.07) is 3.31. The van der Waals surface area contributed by atoms with Crippen LogP contribution >= 0.6 is 11.6 Å². The second-order valence-corrected chi connectivity index (χ2v) is 7.71. The molecule has 0 aromatic heterocycles. The van der Waals surface area contributed by atoms with Crippen molar-refractivity contribution >= 4 is 33.6 Å². The maximum atomic E-state index is 11.8. The molecule has 1 aromatic rings. The fraction of sp³-hybridized carbons (Fsp3) is 0.385. The zero-order chi connectivity index (χ0) is 15.7. The number of ether oxygens (including phenoxy) is 2. The summed E-state index contributed by atoms with van der Waals surface area (Å²) < 4.78 is 33.1. The molecule has 2 aliphatic heterocycles. The number of hydrazone groups is 1. The summed E-state index contributed by atoms with van der Waals surface area (Å²) in [6.07, 6.45) is 1.74. The van der Waals surface area contributed by atoms with Crippen molar-refractivity contribution in [2.24, 2.45) is 11.0 Å². The van der Waals surface area contributed by atoms with Crippen LogP contribution in [-0.2, 0) is 14.6 Å². The maximum absolute atomic E-state index is 11.8. The number of nitrogens with one attached hydrogen (secondary N) is 1. The molecular weight excluding hydrogens is 332 g/mol. The molecule has 9 heteroatoms. The molecule has 1 fully saturated rings. The fourth-order valence-corrected chi connectivity index (χ4v) is 4.34. The van der Waals surface area contributed by atoms with Gasteiger partial charge in [0.2, 0.25) is 12.7 Å². The average molecular weight is 345 g/mol. The topological polar surface area (TPSA) is 94.1 Å². The molecule has 2 aliphatic rings. The largest absolute Gasteiger partial charge is 0.454 e. The lowest BCUT2D eigenvalue weighted by Crippen LogP contribution is -2.27. The van der Waals surface area contributed by atoms with Crippen molar-refractivity contribution in [3.8, 4) is 11.5 Å². The zero-order valence-corrected chi connectivity index (χ0v) is 13.0. The van der Waals surface area contributed by atoms with Gasteiger partial charge < -0.3 is 9.47 Å². The van der Waals surface area contributed by atoms with Crippen LogP contribution in [0.15, 0.2) is 17.2 Å². The molecule has 0 unspecified atom stereocenters. The van der Waals surface area contributed by atoms with Crippen LogP contribution in [0.4, 0.5) is 0 Å². The smallest absolute Gasteiger partial charge is 0.244 e. The van der Waals surface area contributed by atoms with Crippen molar-refractivity contribution in [2.75, 3.05) is 18.3 Å². The van der Waals surface area contributed by atoms with Gasteiger partial charge in [-0.1, -0.05) is 11.6 Å². The number of carbonyl (C=O) groups excluding carboxylic acids is 1. The van der Waals surface area contributed by atoms with E-state index < -0.39 is 21.7 Å². The fourth-order valence-electron chi connectivity index (χ4n) is 2.33. The van der Waals surface area contributed by atoms with Crippen LogP contribution in [0.2, 0.25) is 5.02 Å². The van der Waals surface area contributed by atoms with E-state index in [1.807, 2.05) is 0 Å². The maximum Gasteiger partial charge on any atom is 0.244 e. The SMILES string of the molecule is O=C(N/N=C\c1cc(Cl)c2c(c1)OCO2)[C@@H]1CCS(=O)(=O)C1. The highest BCUT2D eigenvalue weighted by molar-refractivity contribution is 7.91. The summed E-state index contributed by atoms with van der Waals surface area (Å²) in [6.45, 7) is 0.114. The predicted molar refractivity (Wildman–Crippen MR) is 80.1 cm³/mol. The van der Waals surface area contributed by atoms with Crippen LogP contribution in [0, 0.1) is 5.92 Å². The Labute approximate surface area is 132 Å². The second-order valence-electron chi connectivity index (χ2n) is 5.07. The van der Waals surface area contributed by atoms with Gasteiger partial charge in [-0.3, -0.25) is 4.79 Å². The quantitative estimate of drug-likeness (QED) is 0.651. The first-order valence-corrected chi connectivity index (χ1v) is 8.77. The molecule has 0 aliphatic carbocycles. The Kier molecular flexibility index (Phi) is 3.96. The van der Waals surface area contributed by atoms with Crippen LogP contribution in [-0.4, -0.2) is 38.8 Å². The van der Waals surface area contributed by atoms with Crippen LogP contribution < -0.4 is 14.9 Å². The number of halogens is 1. The molecule has 0 bridgehead atoms. The van der Waals surface area contributed by atoms with E-state index in [1.54, 1.807) is 12.1 Å². The first-order valence-electron chi connectivity index (χ1n) is 6.57. The van der Waals surface area contributed by atoms with Crippen molar-refractivity contribution in [1.29, 1.82) is 0 Å². The first kappa shape index (κ1) is 15.1. The Morgan fingerprint density at radius 3 is 2.95 bits per heavy atom. The molecule has 1 saturated heterocycles. The molecule has 7 nitrogen and oxygen atoms in total. The van der Waals surface area contributed by atoms with Gasteiger partial charge in [0.05, 0.1) is 28.7 Å². The Morgan fingerprint density at radius 1 is 1.41 bits per heavy atom. The molecule has 22 heavy (non-hydrogen) atoms. The number of rotatable bonds is 3. The Morgan fingerprint density at radius 2 is 2.23 bits per heavy atom. The van der Waals surface area contributed by atoms with E-state index >= 15 is 0 Å². The minimum absolute atomic E-state index is 0.0482. The molecule has 1 aromatic carbocycles. The second kappa shape index (κ2) is 5.77. The Balaban J connectivity index is 1.63. The predicted octanol–water partition coefficient (Wildman–Crippen LogP) is 0.953. The highest BCUT2D eigenvalue weighted by atomic mass is 35.5. The molecular formula is C13H13ClN2O5S. The minimum atomic E-state index is -3.09. The first-order chi connectivity index (χ1) is 10.4. The van der Waals surface area contributed by atoms with E-state index in [2.05, 4.69) is 10.5 Å². The number of carbonyl (C=O) groups is 1. The molecule has 118 valence electrons. The summed E-state index contributed by atoms with van der Waals surface area (Å²) in [7, 11) is -3.09. The summed E-state index contributed by atoms with van der Waals surface area (Å²) in [5.41, 5.74) is 2.98. The third kappa shape index (κ3) is 3.17. The molecule has 0 spiro atoms. The minimum Gasteiger partial charge on any atom is -0.454 e. The van der Waals surface area contributed by atoms with Gasteiger partial charge in [0, 0.05) is 0 Å². The van der Waals surface area contributed by atoms with E-state index in [1.165, 1.54) is 6.21 Å². The Bertz CT molecular complexity index is 747. The van der Waals surface area contributed by atoms with Crippen LogP contribution in [0.1, 0.15) is 12.0 Å². The number of hydrogen-bond acceptors (Lipinski definition) is 6. The zero-order valence-electron chi connectivity index (χ0n) is 11.4. The number of hydrogen-bond donors (Lipinski definition) is 1. The van der Waals surface area contributed by atoms with Gasteiger partial charge >= 0.3 is 0 Å². The van der Waals surface area contributed by atoms with Crippen molar-refractivity contribution in [2.45, 2.75) is 6.42 Å². The number of benzene rings is 1. The molecule has 2 heterocycles. The van der Waals surface area contributed by atoms with Gasteiger partial charge in [0.25, 0.3) is 0 Å². The standard InChI is InChI=1S/C13H13ClN2O5S/c14-10-3-8(4-11-12(10)21-7-20-11)5-15-16-13(17)9-1-2-22(18,19)6-9/h3-5,9H,1-2,6-7H2,(H,16,17)/b15-5-/t9-/m1/s1. The van der Waals surface area contributed by atoms with Crippen molar-refractivity contribution < 1.29 is 22.7 Å².